The Labute approximate surface area is 175 Å². The van der Waals surface area contributed by atoms with E-state index in [1.165, 1.54) is 32.1 Å². The number of nitrogens with zero attached hydrogens (tertiary/aromatic N) is 2. The van der Waals surface area contributed by atoms with Crippen LogP contribution in [0, 0.1) is 16.0 Å². The molecule has 164 valence electrons. The lowest BCUT2D eigenvalue weighted by Crippen LogP contribution is -2.43. The minimum Gasteiger partial charge on any atom is -0.363 e. The Morgan fingerprint density at radius 1 is 1.10 bits per heavy atom. The number of benzene rings is 1. The van der Waals surface area contributed by atoms with Crippen molar-refractivity contribution in [1.82, 2.24) is 10.6 Å². The van der Waals surface area contributed by atoms with Gasteiger partial charge >= 0.3 is 5.69 Å². The summed E-state index contributed by atoms with van der Waals surface area (Å²) in [5, 5.41) is 18.0. The molecule has 0 bridgehead atoms. The van der Waals surface area contributed by atoms with Crippen molar-refractivity contribution >= 4 is 17.3 Å². The molecule has 7 nitrogen and oxygen atoms in total. The molecule has 0 unspecified atom stereocenters. The molecule has 1 saturated heterocycles. The van der Waals surface area contributed by atoms with Crippen molar-refractivity contribution in [3.63, 3.8) is 0 Å². The van der Waals surface area contributed by atoms with E-state index in [0.29, 0.717) is 31.2 Å². The number of nitrogens with one attached hydrogen (secondary N) is 2. The van der Waals surface area contributed by atoms with Gasteiger partial charge < -0.3 is 15.5 Å². The number of hydrogen-bond donors (Lipinski definition) is 2. The van der Waals surface area contributed by atoms with E-state index in [0.717, 1.165) is 25.9 Å². The molecule has 0 aromatic heterocycles. The summed E-state index contributed by atoms with van der Waals surface area (Å²) in [6.45, 7) is 3.58. The average molecular weight is 407 g/mol. The molecule has 7 heteroatoms. The number of carbonyl (C=O) groups is 1. The summed E-state index contributed by atoms with van der Waals surface area (Å²) in [6.07, 6.45) is 8.51. The minimum absolute atomic E-state index is 0. The Morgan fingerprint density at radius 2 is 1.72 bits per heavy atom. The Bertz CT molecular complexity index is 651. The van der Waals surface area contributed by atoms with E-state index < -0.39 is 4.92 Å². The molecule has 1 saturated carbocycles. The lowest BCUT2D eigenvalue weighted by molar-refractivity contribution is -0.384. The van der Waals surface area contributed by atoms with Crippen LogP contribution in [0.4, 0.5) is 11.4 Å². The van der Waals surface area contributed by atoms with Gasteiger partial charge in [0.25, 0.3) is 5.91 Å². The molecular weight excluding hydrogens is 368 g/mol. The van der Waals surface area contributed by atoms with Crippen LogP contribution in [0.2, 0.25) is 0 Å². The van der Waals surface area contributed by atoms with Crippen LogP contribution in [0.3, 0.4) is 0 Å². The van der Waals surface area contributed by atoms with Gasteiger partial charge in [0, 0.05) is 32.7 Å². The van der Waals surface area contributed by atoms with Crippen molar-refractivity contribution in [2.45, 2.75) is 59.8 Å². The molecule has 2 aliphatic rings. The van der Waals surface area contributed by atoms with Crippen LogP contribution in [0.25, 0.3) is 0 Å². The summed E-state index contributed by atoms with van der Waals surface area (Å²) < 4.78 is 0. The largest absolute Gasteiger partial charge is 0.363 e. The lowest BCUT2D eigenvalue weighted by Gasteiger charge is -2.29. The maximum absolute atomic E-state index is 12.8. The highest BCUT2D eigenvalue weighted by Gasteiger charge is 2.28. The average Bonchev–Trinajstić information content (AvgIpc) is 2.67. The third-order valence-corrected chi connectivity index (χ3v) is 5.68. The number of amides is 1. The number of piperazine rings is 1. The number of rotatable bonds is 5. The standard InChI is InChI=1S/C20H30N4O3.2CH4/c25-20(22-15-16-7-4-2-1-3-5-8-16)17-9-6-10-18(19(17)24(26)27)23-13-11-21-12-14-23;;/h6,9-10,16,21H,1-5,7-8,11-15H2,(H,22,25);2*1H4. The Morgan fingerprint density at radius 3 is 2.34 bits per heavy atom. The van der Waals surface area contributed by atoms with Gasteiger partial charge in [0.15, 0.2) is 0 Å². The van der Waals surface area contributed by atoms with Crippen molar-refractivity contribution in [3.05, 3.63) is 33.9 Å². The van der Waals surface area contributed by atoms with E-state index in [1.54, 1.807) is 18.2 Å². The van der Waals surface area contributed by atoms with Crippen molar-refractivity contribution in [2.75, 3.05) is 37.6 Å². The number of para-hydroxylation sites is 1. The summed E-state index contributed by atoms with van der Waals surface area (Å²) in [5.41, 5.74) is 0.636. The van der Waals surface area contributed by atoms with Gasteiger partial charge in [-0.25, -0.2) is 0 Å². The van der Waals surface area contributed by atoms with Gasteiger partial charge in [0.05, 0.1) is 4.92 Å². The van der Waals surface area contributed by atoms with Crippen LogP contribution in [0.1, 0.15) is 70.2 Å². The molecule has 0 spiro atoms. The molecule has 2 fully saturated rings. The van der Waals surface area contributed by atoms with E-state index in [2.05, 4.69) is 10.6 Å². The maximum atomic E-state index is 12.8. The predicted molar refractivity (Wildman–Crippen MR) is 120 cm³/mol. The smallest absolute Gasteiger partial charge is 0.305 e. The molecule has 0 atom stereocenters. The molecule has 1 aliphatic heterocycles. The van der Waals surface area contributed by atoms with Crippen molar-refractivity contribution < 1.29 is 9.72 Å². The second kappa shape index (κ2) is 12.4. The summed E-state index contributed by atoms with van der Waals surface area (Å²) in [6, 6.07) is 5.06. The van der Waals surface area contributed by atoms with E-state index in [1.807, 2.05) is 4.90 Å². The summed E-state index contributed by atoms with van der Waals surface area (Å²) in [5.74, 6) is 0.144. The summed E-state index contributed by atoms with van der Waals surface area (Å²) in [7, 11) is 0. The van der Waals surface area contributed by atoms with Crippen molar-refractivity contribution in [3.8, 4) is 0 Å². The molecule has 1 aromatic carbocycles. The molecular formula is C22H38N4O3. The molecule has 1 aliphatic carbocycles. The topological polar surface area (TPSA) is 87.5 Å². The van der Waals surface area contributed by atoms with Crippen LogP contribution >= 0.6 is 0 Å². The third-order valence-electron chi connectivity index (χ3n) is 5.68. The monoisotopic (exact) mass is 406 g/mol. The van der Waals surface area contributed by atoms with Gasteiger partial charge in [0.2, 0.25) is 0 Å². The van der Waals surface area contributed by atoms with Gasteiger partial charge in [-0.1, -0.05) is 53.0 Å². The van der Waals surface area contributed by atoms with Gasteiger partial charge in [0.1, 0.15) is 11.3 Å². The first kappa shape index (κ1) is 24.9. The molecule has 29 heavy (non-hydrogen) atoms. The van der Waals surface area contributed by atoms with Crippen LogP contribution in [0.5, 0.6) is 0 Å². The molecule has 2 N–H and O–H groups in total. The van der Waals surface area contributed by atoms with Crippen LogP contribution in [-0.2, 0) is 0 Å². The summed E-state index contributed by atoms with van der Waals surface area (Å²) in [4.78, 5) is 26.1. The van der Waals surface area contributed by atoms with Crippen LogP contribution < -0.4 is 15.5 Å². The number of nitro benzene ring substituents is 1. The fraction of sp³-hybridized carbons (Fsp3) is 0.682. The zero-order chi connectivity index (χ0) is 19.1. The Kier molecular flexibility index (Phi) is 10.7. The van der Waals surface area contributed by atoms with Gasteiger partial charge in [-0.05, 0) is 30.9 Å². The molecule has 1 heterocycles. The number of anilines is 1. The molecule has 3 rings (SSSR count). The van der Waals surface area contributed by atoms with Crippen molar-refractivity contribution in [1.29, 1.82) is 0 Å². The third kappa shape index (κ3) is 6.70. The van der Waals surface area contributed by atoms with E-state index in [-0.39, 0.29) is 32.0 Å². The number of carbonyl (C=O) groups excluding carboxylic acids is 1. The predicted octanol–water partition coefficient (Wildman–Crippen LogP) is 4.37. The number of hydrogen-bond acceptors (Lipinski definition) is 5. The highest BCUT2D eigenvalue weighted by molar-refractivity contribution is 6.00. The minimum atomic E-state index is -0.415. The van der Waals surface area contributed by atoms with Crippen LogP contribution in [-0.4, -0.2) is 43.6 Å². The first-order valence-corrected chi connectivity index (χ1v) is 10.2. The highest BCUT2D eigenvalue weighted by atomic mass is 16.6. The van der Waals surface area contributed by atoms with E-state index >= 15 is 0 Å². The molecule has 1 amide bonds. The maximum Gasteiger partial charge on any atom is 0.305 e. The second-order valence-electron chi connectivity index (χ2n) is 7.59. The zero-order valence-corrected chi connectivity index (χ0v) is 15.9. The SMILES string of the molecule is C.C.O=C(NCC1CCCCCCC1)c1cccc(N2CCNCC2)c1[N+](=O)[O-]. The molecule has 1 aromatic rings. The van der Waals surface area contributed by atoms with Gasteiger partial charge in [-0.3, -0.25) is 14.9 Å². The fourth-order valence-electron chi connectivity index (χ4n) is 4.14. The quantitative estimate of drug-likeness (QED) is 0.560. The number of nitro groups is 1. The van der Waals surface area contributed by atoms with Gasteiger partial charge in [-0.15, -0.1) is 0 Å². The molecule has 0 radical (unpaired) electrons. The summed E-state index contributed by atoms with van der Waals surface area (Å²) >= 11 is 0. The van der Waals surface area contributed by atoms with E-state index in [4.69, 9.17) is 0 Å². The zero-order valence-electron chi connectivity index (χ0n) is 15.9. The van der Waals surface area contributed by atoms with Gasteiger partial charge in [-0.2, -0.15) is 0 Å². The van der Waals surface area contributed by atoms with E-state index in [9.17, 15) is 14.9 Å². The van der Waals surface area contributed by atoms with Crippen molar-refractivity contribution in [2.24, 2.45) is 5.92 Å². The lowest BCUT2D eigenvalue weighted by atomic mass is 9.91. The first-order valence-electron chi connectivity index (χ1n) is 10.2. The Balaban J connectivity index is 0.00000210. The first-order chi connectivity index (χ1) is 13.2. The second-order valence-corrected chi connectivity index (χ2v) is 7.59. The highest BCUT2D eigenvalue weighted by Crippen LogP contribution is 2.32. The van der Waals surface area contributed by atoms with Crippen LogP contribution in [0.15, 0.2) is 18.2 Å². The fourth-order valence-corrected chi connectivity index (χ4v) is 4.14. The Hall–Kier alpha value is -2.15. The normalized spacial score (nSPS) is 17.9.